The van der Waals surface area contributed by atoms with E-state index in [0.717, 1.165) is 29.1 Å². The standard InChI is InChI=1S/C20H29N5O2/c1-6-13(2)19(26)25-17-9-7-8-16(10-17)11-22-20(21-5)23-12-18-24-14(3)15(4)27-18/h7-10,13H,6,11-12H2,1-5H3,(H,25,26)(H2,21,22,23). The van der Waals surface area contributed by atoms with Crippen molar-refractivity contribution in [1.82, 2.24) is 15.6 Å². The summed E-state index contributed by atoms with van der Waals surface area (Å²) in [5.41, 5.74) is 2.74. The molecule has 7 heteroatoms. The third-order valence-electron chi connectivity index (χ3n) is 4.42. The van der Waals surface area contributed by atoms with Crippen molar-refractivity contribution in [3.63, 3.8) is 0 Å². The van der Waals surface area contributed by atoms with Gasteiger partial charge < -0.3 is 20.4 Å². The number of rotatable bonds is 7. The topological polar surface area (TPSA) is 91.5 Å². The first-order chi connectivity index (χ1) is 12.9. The van der Waals surface area contributed by atoms with E-state index in [0.29, 0.717) is 24.9 Å². The van der Waals surface area contributed by atoms with Gasteiger partial charge in [-0.3, -0.25) is 9.79 Å². The fourth-order valence-electron chi connectivity index (χ4n) is 2.39. The van der Waals surface area contributed by atoms with Crippen LogP contribution in [0.3, 0.4) is 0 Å². The molecule has 2 rings (SSSR count). The molecule has 0 saturated carbocycles. The Bertz CT molecular complexity index is 778. The van der Waals surface area contributed by atoms with Crippen molar-refractivity contribution >= 4 is 17.6 Å². The summed E-state index contributed by atoms with van der Waals surface area (Å²) in [6.07, 6.45) is 0.818. The van der Waals surface area contributed by atoms with Crippen LogP contribution in [0.4, 0.5) is 5.69 Å². The molecule has 0 bridgehead atoms. The summed E-state index contributed by atoms with van der Waals surface area (Å²) in [5.74, 6) is 2.14. The fraction of sp³-hybridized carbons (Fsp3) is 0.450. The largest absolute Gasteiger partial charge is 0.444 e. The third kappa shape index (κ3) is 6.13. The Hall–Kier alpha value is -2.83. The molecule has 1 heterocycles. The first kappa shape index (κ1) is 20.5. The van der Waals surface area contributed by atoms with Crippen LogP contribution in [-0.2, 0) is 17.9 Å². The molecule has 0 fully saturated rings. The molecule has 0 radical (unpaired) electrons. The highest BCUT2D eigenvalue weighted by Gasteiger charge is 2.11. The molecular formula is C20H29N5O2. The fourth-order valence-corrected chi connectivity index (χ4v) is 2.39. The Labute approximate surface area is 160 Å². The van der Waals surface area contributed by atoms with Gasteiger partial charge in [0.15, 0.2) is 5.96 Å². The van der Waals surface area contributed by atoms with Crippen LogP contribution >= 0.6 is 0 Å². The van der Waals surface area contributed by atoms with E-state index in [2.05, 4.69) is 25.9 Å². The molecule has 27 heavy (non-hydrogen) atoms. The van der Waals surface area contributed by atoms with Crippen molar-refractivity contribution in [3.05, 3.63) is 47.2 Å². The van der Waals surface area contributed by atoms with Crippen molar-refractivity contribution in [1.29, 1.82) is 0 Å². The summed E-state index contributed by atoms with van der Waals surface area (Å²) in [6, 6.07) is 7.78. The van der Waals surface area contributed by atoms with Gasteiger partial charge >= 0.3 is 0 Å². The summed E-state index contributed by atoms with van der Waals surface area (Å²) in [4.78, 5) is 20.6. The number of aromatic nitrogens is 1. The molecule has 1 aromatic heterocycles. The van der Waals surface area contributed by atoms with Crippen LogP contribution in [0, 0.1) is 19.8 Å². The average molecular weight is 371 g/mol. The van der Waals surface area contributed by atoms with Gasteiger partial charge in [-0.2, -0.15) is 0 Å². The monoisotopic (exact) mass is 371 g/mol. The minimum absolute atomic E-state index is 0.00251. The third-order valence-corrected chi connectivity index (χ3v) is 4.42. The molecule has 1 aromatic carbocycles. The van der Waals surface area contributed by atoms with Crippen molar-refractivity contribution in [3.8, 4) is 0 Å². The minimum atomic E-state index is -0.00251. The van der Waals surface area contributed by atoms with Gasteiger partial charge in [-0.25, -0.2) is 4.98 Å². The zero-order valence-corrected chi connectivity index (χ0v) is 16.7. The van der Waals surface area contributed by atoms with Crippen molar-refractivity contribution in [2.24, 2.45) is 10.9 Å². The van der Waals surface area contributed by atoms with Gasteiger partial charge in [-0.15, -0.1) is 0 Å². The molecule has 2 aromatic rings. The zero-order valence-electron chi connectivity index (χ0n) is 16.7. The molecule has 0 saturated heterocycles. The highest BCUT2D eigenvalue weighted by Crippen LogP contribution is 2.13. The van der Waals surface area contributed by atoms with E-state index in [4.69, 9.17) is 4.42 Å². The Morgan fingerprint density at radius 2 is 2.00 bits per heavy atom. The smallest absolute Gasteiger partial charge is 0.227 e. The van der Waals surface area contributed by atoms with Crippen LogP contribution in [0.2, 0.25) is 0 Å². The maximum Gasteiger partial charge on any atom is 0.227 e. The van der Waals surface area contributed by atoms with Crippen molar-refractivity contribution in [2.75, 3.05) is 12.4 Å². The predicted octanol–water partition coefficient (Wildman–Crippen LogP) is 3.14. The first-order valence-corrected chi connectivity index (χ1v) is 9.20. The highest BCUT2D eigenvalue weighted by atomic mass is 16.4. The number of amides is 1. The Kier molecular flexibility index (Phi) is 7.40. The molecular weight excluding hydrogens is 342 g/mol. The molecule has 0 aliphatic carbocycles. The second kappa shape index (κ2) is 9.75. The van der Waals surface area contributed by atoms with E-state index in [9.17, 15) is 4.79 Å². The lowest BCUT2D eigenvalue weighted by Gasteiger charge is -2.13. The van der Waals surface area contributed by atoms with E-state index in [1.807, 2.05) is 52.0 Å². The van der Waals surface area contributed by atoms with Gasteiger partial charge in [0.25, 0.3) is 0 Å². The molecule has 0 aliphatic heterocycles. The highest BCUT2D eigenvalue weighted by molar-refractivity contribution is 5.92. The summed E-state index contributed by atoms with van der Waals surface area (Å²) < 4.78 is 5.56. The predicted molar refractivity (Wildman–Crippen MR) is 108 cm³/mol. The summed E-state index contributed by atoms with van der Waals surface area (Å²) in [6.45, 7) is 8.78. The molecule has 1 amide bonds. The Morgan fingerprint density at radius 1 is 1.26 bits per heavy atom. The van der Waals surface area contributed by atoms with Crippen LogP contribution in [0.15, 0.2) is 33.7 Å². The second-order valence-electron chi connectivity index (χ2n) is 6.53. The molecule has 1 unspecified atom stereocenters. The van der Waals surface area contributed by atoms with Gasteiger partial charge in [0.1, 0.15) is 5.76 Å². The molecule has 146 valence electrons. The number of hydrogen-bond acceptors (Lipinski definition) is 4. The summed E-state index contributed by atoms with van der Waals surface area (Å²) in [7, 11) is 1.71. The van der Waals surface area contributed by atoms with Crippen LogP contribution < -0.4 is 16.0 Å². The lowest BCUT2D eigenvalue weighted by molar-refractivity contribution is -0.119. The van der Waals surface area contributed by atoms with Gasteiger partial charge in [0, 0.05) is 25.2 Å². The number of aliphatic imine (C=N–C) groups is 1. The van der Waals surface area contributed by atoms with Gasteiger partial charge in [-0.05, 0) is 38.0 Å². The van der Waals surface area contributed by atoms with E-state index in [1.54, 1.807) is 7.05 Å². The lowest BCUT2D eigenvalue weighted by Crippen LogP contribution is -2.36. The number of oxazole rings is 1. The average Bonchev–Trinajstić information content (AvgIpc) is 2.99. The number of carbonyl (C=O) groups is 1. The van der Waals surface area contributed by atoms with E-state index in [-0.39, 0.29) is 11.8 Å². The number of nitrogens with zero attached hydrogens (tertiary/aromatic N) is 2. The van der Waals surface area contributed by atoms with Crippen molar-refractivity contribution < 1.29 is 9.21 Å². The van der Waals surface area contributed by atoms with E-state index in [1.165, 1.54) is 0 Å². The number of carbonyl (C=O) groups excluding carboxylic acids is 1. The maximum atomic E-state index is 12.0. The van der Waals surface area contributed by atoms with Gasteiger partial charge in [0.05, 0.1) is 12.2 Å². The van der Waals surface area contributed by atoms with Crippen LogP contribution in [0.1, 0.15) is 43.2 Å². The molecule has 0 aliphatic rings. The maximum absolute atomic E-state index is 12.0. The lowest BCUT2D eigenvalue weighted by atomic mass is 10.1. The first-order valence-electron chi connectivity index (χ1n) is 9.20. The zero-order chi connectivity index (χ0) is 19.8. The Balaban J connectivity index is 1.88. The van der Waals surface area contributed by atoms with Crippen LogP contribution in [-0.4, -0.2) is 23.9 Å². The van der Waals surface area contributed by atoms with Gasteiger partial charge in [-0.1, -0.05) is 26.0 Å². The quantitative estimate of drug-likeness (QED) is 0.514. The molecule has 3 N–H and O–H groups in total. The van der Waals surface area contributed by atoms with Crippen LogP contribution in [0.25, 0.3) is 0 Å². The summed E-state index contributed by atoms with van der Waals surface area (Å²) >= 11 is 0. The van der Waals surface area contributed by atoms with Crippen molar-refractivity contribution in [2.45, 2.75) is 47.2 Å². The minimum Gasteiger partial charge on any atom is -0.444 e. The van der Waals surface area contributed by atoms with E-state index < -0.39 is 0 Å². The number of benzene rings is 1. The van der Waals surface area contributed by atoms with E-state index >= 15 is 0 Å². The second-order valence-corrected chi connectivity index (χ2v) is 6.53. The molecule has 1 atom stereocenters. The Morgan fingerprint density at radius 3 is 2.63 bits per heavy atom. The number of guanidine groups is 1. The molecule has 0 spiro atoms. The normalized spacial score (nSPS) is 12.6. The molecule has 7 nitrogen and oxygen atoms in total. The van der Waals surface area contributed by atoms with Gasteiger partial charge in [0.2, 0.25) is 11.8 Å². The number of hydrogen-bond donors (Lipinski definition) is 3. The number of nitrogens with one attached hydrogen (secondary N) is 3. The SMILES string of the molecule is CCC(C)C(=O)Nc1cccc(CNC(=NC)NCc2nc(C)c(C)o2)c1. The number of anilines is 1. The summed E-state index contributed by atoms with van der Waals surface area (Å²) in [5, 5.41) is 9.38. The van der Waals surface area contributed by atoms with Crippen LogP contribution in [0.5, 0.6) is 0 Å². The number of aryl methyl sites for hydroxylation is 2.